The molecule has 0 aliphatic carbocycles. The van der Waals surface area contributed by atoms with Gasteiger partial charge in [-0.05, 0) is 18.4 Å². The molecular weight excluding hydrogens is 292 g/mol. The number of nitrogens with two attached hydrogens (primary N) is 1. The topological polar surface area (TPSA) is 73.6 Å². The fourth-order valence-electron chi connectivity index (χ4n) is 2.38. The molecule has 3 atom stereocenters. The number of amides is 1. The summed E-state index contributed by atoms with van der Waals surface area (Å²) in [4.78, 5) is 12.0. The number of rotatable bonds is 6. The molecule has 3 N–H and O–H groups in total. The van der Waals surface area contributed by atoms with Crippen LogP contribution in [0.25, 0.3) is 0 Å². The average Bonchev–Trinajstić information content (AvgIpc) is 2.98. The van der Waals surface area contributed by atoms with E-state index in [1.807, 2.05) is 30.3 Å². The highest BCUT2D eigenvalue weighted by molar-refractivity contribution is 5.85. The van der Waals surface area contributed by atoms with E-state index in [1.165, 1.54) is 0 Å². The number of carbonyl (C=O) groups excluding carboxylic acids is 1. The molecule has 1 heterocycles. The summed E-state index contributed by atoms with van der Waals surface area (Å²) in [6.45, 7) is 0.904. The lowest BCUT2D eigenvalue weighted by Gasteiger charge is -2.18. The Morgan fingerprint density at radius 1 is 1.43 bits per heavy atom. The monoisotopic (exact) mass is 314 g/mol. The Balaban J connectivity index is 0.00000220. The third-order valence-corrected chi connectivity index (χ3v) is 3.58. The zero-order valence-corrected chi connectivity index (χ0v) is 13.0. The average molecular weight is 315 g/mol. The third-order valence-electron chi connectivity index (χ3n) is 3.58. The molecule has 1 saturated heterocycles. The molecule has 0 bridgehead atoms. The number of methoxy groups -OCH3 is 1. The lowest BCUT2D eigenvalue weighted by atomic mass is 10.1. The van der Waals surface area contributed by atoms with Gasteiger partial charge in [0.25, 0.3) is 0 Å². The molecule has 5 nitrogen and oxygen atoms in total. The van der Waals surface area contributed by atoms with Gasteiger partial charge in [-0.3, -0.25) is 4.79 Å². The largest absolute Gasteiger partial charge is 0.375 e. The number of carbonyl (C=O) groups is 1. The summed E-state index contributed by atoms with van der Waals surface area (Å²) in [5, 5.41) is 2.89. The molecule has 1 unspecified atom stereocenters. The summed E-state index contributed by atoms with van der Waals surface area (Å²) in [6.07, 6.45) is 1.07. The molecule has 1 aromatic carbocycles. The maximum atomic E-state index is 12.0. The van der Waals surface area contributed by atoms with Crippen molar-refractivity contribution in [2.75, 3.05) is 20.2 Å². The van der Waals surface area contributed by atoms with Crippen LogP contribution in [0.5, 0.6) is 0 Å². The maximum absolute atomic E-state index is 12.0. The Morgan fingerprint density at radius 2 is 2.14 bits per heavy atom. The first-order valence-electron chi connectivity index (χ1n) is 6.95. The first-order chi connectivity index (χ1) is 9.74. The molecule has 2 rings (SSSR count). The lowest BCUT2D eigenvalue weighted by Crippen LogP contribution is -2.38. The minimum Gasteiger partial charge on any atom is -0.375 e. The summed E-state index contributed by atoms with van der Waals surface area (Å²) < 4.78 is 11.0. The van der Waals surface area contributed by atoms with Crippen LogP contribution in [0.4, 0.5) is 0 Å². The summed E-state index contributed by atoms with van der Waals surface area (Å²) in [5.41, 5.74) is 6.58. The zero-order chi connectivity index (χ0) is 14.4. The Hall–Kier alpha value is -1.14. The van der Waals surface area contributed by atoms with E-state index < -0.39 is 0 Å². The Morgan fingerprint density at radius 3 is 2.71 bits per heavy atom. The van der Waals surface area contributed by atoms with Gasteiger partial charge in [-0.15, -0.1) is 12.4 Å². The molecule has 0 aromatic heterocycles. The number of hydrogen-bond donors (Lipinski definition) is 2. The SMILES string of the molecule is COC(CNC(=O)[C@@H]1CC[C@H](CN)O1)c1ccccc1.Cl. The van der Waals surface area contributed by atoms with Crippen LogP contribution in [0, 0.1) is 0 Å². The van der Waals surface area contributed by atoms with E-state index in [4.69, 9.17) is 15.2 Å². The summed E-state index contributed by atoms with van der Waals surface area (Å²) in [6, 6.07) is 9.83. The second-order valence-corrected chi connectivity index (χ2v) is 4.94. The van der Waals surface area contributed by atoms with Crippen LogP contribution in [0.1, 0.15) is 24.5 Å². The molecule has 1 fully saturated rings. The van der Waals surface area contributed by atoms with Gasteiger partial charge in [0.1, 0.15) is 6.10 Å². The Labute approximate surface area is 131 Å². The van der Waals surface area contributed by atoms with Crippen molar-refractivity contribution in [2.45, 2.75) is 31.2 Å². The fraction of sp³-hybridized carbons (Fsp3) is 0.533. The van der Waals surface area contributed by atoms with Crippen molar-refractivity contribution >= 4 is 18.3 Å². The normalized spacial score (nSPS) is 22.4. The quantitative estimate of drug-likeness (QED) is 0.833. The predicted octanol–water partition coefficient (Wildman–Crippen LogP) is 1.42. The van der Waals surface area contributed by atoms with E-state index in [1.54, 1.807) is 7.11 Å². The molecule has 6 heteroatoms. The summed E-state index contributed by atoms with van der Waals surface area (Å²) in [5.74, 6) is -0.0843. The van der Waals surface area contributed by atoms with Crippen LogP contribution in [0.2, 0.25) is 0 Å². The van der Waals surface area contributed by atoms with Gasteiger partial charge in [0.15, 0.2) is 0 Å². The first kappa shape index (κ1) is 17.9. The van der Waals surface area contributed by atoms with Gasteiger partial charge in [0, 0.05) is 20.2 Å². The van der Waals surface area contributed by atoms with Crippen molar-refractivity contribution in [2.24, 2.45) is 5.73 Å². The third kappa shape index (κ3) is 4.97. The molecule has 118 valence electrons. The maximum Gasteiger partial charge on any atom is 0.249 e. The van der Waals surface area contributed by atoms with Crippen molar-refractivity contribution in [1.29, 1.82) is 0 Å². The molecule has 1 aliphatic heterocycles. The van der Waals surface area contributed by atoms with Crippen LogP contribution in [0.15, 0.2) is 30.3 Å². The highest BCUT2D eigenvalue weighted by atomic mass is 35.5. The number of ether oxygens (including phenoxy) is 2. The zero-order valence-electron chi connectivity index (χ0n) is 12.2. The van der Waals surface area contributed by atoms with Crippen molar-refractivity contribution in [3.8, 4) is 0 Å². The molecule has 0 spiro atoms. The van der Waals surface area contributed by atoms with Gasteiger partial charge in [-0.1, -0.05) is 30.3 Å². The summed E-state index contributed by atoms with van der Waals surface area (Å²) >= 11 is 0. The number of hydrogen-bond acceptors (Lipinski definition) is 4. The van der Waals surface area contributed by atoms with E-state index >= 15 is 0 Å². The highest BCUT2D eigenvalue weighted by Gasteiger charge is 2.30. The molecule has 1 aromatic rings. The van der Waals surface area contributed by atoms with E-state index in [0.717, 1.165) is 18.4 Å². The van der Waals surface area contributed by atoms with Crippen LogP contribution < -0.4 is 11.1 Å². The molecule has 1 aliphatic rings. The van der Waals surface area contributed by atoms with E-state index in [9.17, 15) is 4.79 Å². The highest BCUT2D eigenvalue weighted by Crippen LogP contribution is 2.19. The number of halogens is 1. The minimum atomic E-state index is -0.378. The molecule has 21 heavy (non-hydrogen) atoms. The van der Waals surface area contributed by atoms with E-state index in [-0.39, 0.29) is 36.6 Å². The second-order valence-electron chi connectivity index (χ2n) is 4.94. The Kier molecular flexibility index (Phi) is 7.67. The predicted molar refractivity (Wildman–Crippen MR) is 83.4 cm³/mol. The molecule has 1 amide bonds. The number of nitrogens with one attached hydrogen (secondary N) is 1. The number of benzene rings is 1. The van der Waals surface area contributed by atoms with Gasteiger partial charge < -0.3 is 20.5 Å². The van der Waals surface area contributed by atoms with E-state index in [0.29, 0.717) is 13.1 Å². The van der Waals surface area contributed by atoms with Gasteiger partial charge in [0.2, 0.25) is 5.91 Å². The van der Waals surface area contributed by atoms with Crippen LogP contribution in [0.3, 0.4) is 0 Å². The van der Waals surface area contributed by atoms with Gasteiger partial charge in [-0.2, -0.15) is 0 Å². The van der Waals surface area contributed by atoms with Crippen molar-refractivity contribution < 1.29 is 14.3 Å². The van der Waals surface area contributed by atoms with Crippen LogP contribution >= 0.6 is 12.4 Å². The van der Waals surface area contributed by atoms with Gasteiger partial charge in [-0.25, -0.2) is 0 Å². The fourth-order valence-corrected chi connectivity index (χ4v) is 2.38. The lowest BCUT2D eigenvalue weighted by molar-refractivity contribution is -0.132. The van der Waals surface area contributed by atoms with Gasteiger partial charge >= 0.3 is 0 Å². The van der Waals surface area contributed by atoms with Crippen molar-refractivity contribution in [1.82, 2.24) is 5.32 Å². The van der Waals surface area contributed by atoms with Crippen molar-refractivity contribution in [3.63, 3.8) is 0 Å². The Bertz CT molecular complexity index is 430. The first-order valence-corrected chi connectivity index (χ1v) is 6.95. The smallest absolute Gasteiger partial charge is 0.249 e. The van der Waals surface area contributed by atoms with Crippen LogP contribution in [-0.4, -0.2) is 38.3 Å². The van der Waals surface area contributed by atoms with Gasteiger partial charge in [0.05, 0.1) is 12.2 Å². The molecule has 0 saturated carbocycles. The summed E-state index contributed by atoms with van der Waals surface area (Å²) in [7, 11) is 1.64. The van der Waals surface area contributed by atoms with Crippen molar-refractivity contribution in [3.05, 3.63) is 35.9 Å². The van der Waals surface area contributed by atoms with Crippen LogP contribution in [-0.2, 0) is 14.3 Å². The molecular formula is C15H23ClN2O3. The standard InChI is InChI=1S/C15H22N2O3.ClH/c1-19-14(11-5-3-2-4-6-11)10-17-15(18)13-8-7-12(9-16)20-13;/h2-6,12-14H,7-10,16H2,1H3,(H,17,18);1H/t12-,13+,14?;/m1./s1. The molecule has 0 radical (unpaired) electrons. The minimum absolute atomic E-state index is 0. The second kappa shape index (κ2) is 9.00. The van der Waals surface area contributed by atoms with E-state index in [2.05, 4.69) is 5.32 Å².